The van der Waals surface area contributed by atoms with Crippen molar-refractivity contribution in [2.45, 2.75) is 13.8 Å². The summed E-state index contributed by atoms with van der Waals surface area (Å²) in [6.07, 6.45) is 9.61. The van der Waals surface area contributed by atoms with Crippen molar-refractivity contribution >= 4 is 12.2 Å². The Morgan fingerprint density at radius 2 is 1.92 bits per heavy atom. The molecule has 0 saturated carbocycles. The maximum Gasteiger partial charge on any atom is 0.0926 e. The summed E-state index contributed by atoms with van der Waals surface area (Å²) in [6.45, 7) is 3.95. The lowest BCUT2D eigenvalue weighted by molar-refractivity contribution is 1.01. The zero-order chi connectivity index (χ0) is 8.81. The molecule has 0 saturated heterocycles. The predicted molar refractivity (Wildman–Crippen MR) is 51.4 cm³/mol. The third kappa shape index (κ3) is 2.02. The van der Waals surface area contributed by atoms with Crippen LogP contribution in [-0.4, -0.2) is 10.2 Å². The highest BCUT2D eigenvalue weighted by molar-refractivity contribution is 5.61. The van der Waals surface area contributed by atoms with Gasteiger partial charge in [-0.2, -0.15) is 10.2 Å². The van der Waals surface area contributed by atoms with Gasteiger partial charge in [-0.05, 0) is 26.0 Å². The van der Waals surface area contributed by atoms with Crippen LogP contribution in [0.4, 0.5) is 0 Å². The lowest BCUT2D eigenvalue weighted by atomic mass is 10.2. The van der Waals surface area contributed by atoms with Gasteiger partial charge < -0.3 is 0 Å². The number of hydrogen-bond acceptors (Lipinski definition) is 2. The van der Waals surface area contributed by atoms with Gasteiger partial charge in [-0.25, -0.2) is 0 Å². The van der Waals surface area contributed by atoms with Crippen LogP contribution in [0.25, 0.3) is 12.2 Å². The SMILES string of the molecule is C/C=C\c1ccnnc1/C=C\C. The van der Waals surface area contributed by atoms with Gasteiger partial charge in [-0.3, -0.25) is 0 Å². The second kappa shape index (κ2) is 4.44. The Balaban J connectivity index is 3.08. The molecule has 0 fully saturated rings. The standard InChI is InChI=1S/C10H12N2/c1-3-5-9-7-8-11-12-10(9)6-4-2/h3-8H,1-2H3/b5-3-,6-4-. The van der Waals surface area contributed by atoms with Crippen molar-refractivity contribution in [2.75, 3.05) is 0 Å². The third-order valence-corrected chi connectivity index (χ3v) is 1.45. The van der Waals surface area contributed by atoms with E-state index < -0.39 is 0 Å². The first-order valence-electron chi connectivity index (χ1n) is 3.95. The Labute approximate surface area is 72.6 Å². The minimum atomic E-state index is 0.915. The molecule has 0 aliphatic heterocycles. The maximum atomic E-state index is 4.00. The predicted octanol–water partition coefficient (Wildman–Crippen LogP) is 2.54. The van der Waals surface area contributed by atoms with Crippen LogP contribution in [0.2, 0.25) is 0 Å². The van der Waals surface area contributed by atoms with Gasteiger partial charge in [-0.15, -0.1) is 0 Å². The molecule has 2 nitrogen and oxygen atoms in total. The average Bonchev–Trinajstić information content (AvgIpc) is 2.09. The minimum Gasteiger partial charge on any atom is -0.159 e. The fourth-order valence-electron chi connectivity index (χ4n) is 0.960. The van der Waals surface area contributed by atoms with Crippen molar-refractivity contribution in [2.24, 2.45) is 0 Å². The molecular weight excluding hydrogens is 148 g/mol. The molecule has 0 N–H and O–H groups in total. The molecule has 0 atom stereocenters. The van der Waals surface area contributed by atoms with Crippen LogP contribution in [0.5, 0.6) is 0 Å². The van der Waals surface area contributed by atoms with Gasteiger partial charge >= 0.3 is 0 Å². The summed E-state index contributed by atoms with van der Waals surface area (Å²) in [4.78, 5) is 0. The van der Waals surface area contributed by atoms with Gasteiger partial charge in [-0.1, -0.05) is 18.2 Å². The second-order valence-corrected chi connectivity index (χ2v) is 2.37. The summed E-state index contributed by atoms with van der Waals surface area (Å²) >= 11 is 0. The number of hydrogen-bond donors (Lipinski definition) is 0. The van der Waals surface area contributed by atoms with E-state index in [0.717, 1.165) is 11.3 Å². The van der Waals surface area contributed by atoms with Gasteiger partial charge in [0.05, 0.1) is 11.9 Å². The lowest BCUT2D eigenvalue weighted by Gasteiger charge is -1.95. The van der Waals surface area contributed by atoms with Crippen LogP contribution in [0, 0.1) is 0 Å². The van der Waals surface area contributed by atoms with E-state index in [2.05, 4.69) is 10.2 Å². The first kappa shape index (κ1) is 8.65. The Kier molecular flexibility index (Phi) is 3.20. The molecule has 2 heteroatoms. The lowest BCUT2D eigenvalue weighted by Crippen LogP contribution is -1.88. The summed E-state index contributed by atoms with van der Waals surface area (Å²) in [5.74, 6) is 0. The van der Waals surface area contributed by atoms with E-state index in [4.69, 9.17) is 0 Å². The molecule has 1 aromatic rings. The largest absolute Gasteiger partial charge is 0.159 e. The zero-order valence-electron chi connectivity index (χ0n) is 7.36. The minimum absolute atomic E-state index is 0.915. The Hall–Kier alpha value is -1.44. The fourth-order valence-corrected chi connectivity index (χ4v) is 0.960. The van der Waals surface area contributed by atoms with Gasteiger partial charge in [0.1, 0.15) is 0 Å². The Bertz CT molecular complexity index is 269. The summed E-state index contributed by atoms with van der Waals surface area (Å²) in [5.41, 5.74) is 2.02. The molecule has 0 aromatic carbocycles. The normalized spacial score (nSPS) is 11.5. The number of aromatic nitrogens is 2. The summed E-state index contributed by atoms with van der Waals surface area (Å²) < 4.78 is 0. The highest BCUT2D eigenvalue weighted by Gasteiger charge is 1.94. The van der Waals surface area contributed by atoms with Crippen molar-refractivity contribution in [1.82, 2.24) is 10.2 Å². The van der Waals surface area contributed by atoms with Crippen molar-refractivity contribution in [1.29, 1.82) is 0 Å². The van der Waals surface area contributed by atoms with Gasteiger partial charge in [0.2, 0.25) is 0 Å². The van der Waals surface area contributed by atoms with Crippen LogP contribution >= 0.6 is 0 Å². The Morgan fingerprint density at radius 1 is 1.17 bits per heavy atom. The van der Waals surface area contributed by atoms with E-state index >= 15 is 0 Å². The monoisotopic (exact) mass is 160 g/mol. The molecule has 0 aliphatic rings. The van der Waals surface area contributed by atoms with E-state index in [-0.39, 0.29) is 0 Å². The van der Waals surface area contributed by atoms with Gasteiger partial charge in [0.15, 0.2) is 0 Å². The third-order valence-electron chi connectivity index (χ3n) is 1.45. The van der Waals surface area contributed by atoms with E-state index in [9.17, 15) is 0 Å². The van der Waals surface area contributed by atoms with Crippen molar-refractivity contribution in [3.63, 3.8) is 0 Å². The Morgan fingerprint density at radius 3 is 2.58 bits per heavy atom. The quantitative estimate of drug-likeness (QED) is 0.664. The van der Waals surface area contributed by atoms with Crippen LogP contribution in [0.15, 0.2) is 24.4 Å². The molecule has 0 bridgehead atoms. The fraction of sp³-hybridized carbons (Fsp3) is 0.200. The van der Waals surface area contributed by atoms with Crippen LogP contribution in [0.1, 0.15) is 25.1 Å². The maximum absolute atomic E-state index is 4.00. The molecule has 1 aromatic heterocycles. The molecular formula is C10H12N2. The van der Waals surface area contributed by atoms with Crippen LogP contribution in [0.3, 0.4) is 0 Å². The van der Waals surface area contributed by atoms with Crippen LogP contribution < -0.4 is 0 Å². The van der Waals surface area contributed by atoms with E-state index in [1.165, 1.54) is 0 Å². The average molecular weight is 160 g/mol. The molecule has 0 spiro atoms. The van der Waals surface area contributed by atoms with E-state index in [1.54, 1.807) is 6.20 Å². The molecule has 0 aliphatic carbocycles. The molecule has 1 rings (SSSR count). The first-order chi connectivity index (χ1) is 5.88. The highest BCUT2D eigenvalue weighted by Crippen LogP contribution is 2.07. The highest BCUT2D eigenvalue weighted by atomic mass is 15.1. The second-order valence-electron chi connectivity index (χ2n) is 2.37. The zero-order valence-corrected chi connectivity index (χ0v) is 7.36. The van der Waals surface area contributed by atoms with E-state index in [0.29, 0.717) is 0 Å². The molecule has 12 heavy (non-hydrogen) atoms. The number of rotatable bonds is 2. The topological polar surface area (TPSA) is 25.8 Å². The van der Waals surface area contributed by atoms with Gasteiger partial charge in [0, 0.05) is 5.56 Å². The van der Waals surface area contributed by atoms with Crippen LogP contribution in [-0.2, 0) is 0 Å². The van der Waals surface area contributed by atoms with Crippen molar-refractivity contribution in [3.05, 3.63) is 35.7 Å². The number of allylic oxidation sites excluding steroid dienone is 2. The number of nitrogens with zero attached hydrogens (tertiary/aromatic N) is 2. The molecule has 62 valence electrons. The molecule has 0 amide bonds. The molecule has 0 radical (unpaired) electrons. The molecule has 1 heterocycles. The van der Waals surface area contributed by atoms with Gasteiger partial charge in [0.25, 0.3) is 0 Å². The smallest absolute Gasteiger partial charge is 0.0926 e. The summed E-state index contributed by atoms with van der Waals surface area (Å²) in [5, 5.41) is 7.81. The van der Waals surface area contributed by atoms with E-state index in [1.807, 2.05) is 44.2 Å². The van der Waals surface area contributed by atoms with Crippen molar-refractivity contribution < 1.29 is 0 Å². The first-order valence-corrected chi connectivity index (χ1v) is 3.95. The molecule has 0 unspecified atom stereocenters. The summed E-state index contributed by atoms with van der Waals surface area (Å²) in [6, 6.07) is 1.95. The summed E-state index contributed by atoms with van der Waals surface area (Å²) in [7, 11) is 0. The van der Waals surface area contributed by atoms with Crippen molar-refractivity contribution in [3.8, 4) is 0 Å².